The molecule has 136 valence electrons. The van der Waals surface area contributed by atoms with Crippen molar-refractivity contribution in [2.75, 3.05) is 35.6 Å². The van der Waals surface area contributed by atoms with E-state index in [0.29, 0.717) is 0 Å². The SMILES string of the molecule is Cc1cccc(C)c1NC(=O)CNC(=O)CN1CCSc2ccccc21. The van der Waals surface area contributed by atoms with Crippen LogP contribution in [-0.2, 0) is 9.59 Å². The van der Waals surface area contributed by atoms with E-state index in [1.54, 1.807) is 11.8 Å². The summed E-state index contributed by atoms with van der Waals surface area (Å²) in [4.78, 5) is 27.7. The predicted molar refractivity (Wildman–Crippen MR) is 107 cm³/mol. The van der Waals surface area contributed by atoms with Gasteiger partial charge in [-0.25, -0.2) is 0 Å². The zero-order chi connectivity index (χ0) is 18.5. The highest BCUT2D eigenvalue weighted by atomic mass is 32.2. The van der Waals surface area contributed by atoms with Crippen molar-refractivity contribution < 1.29 is 9.59 Å². The first kappa shape index (κ1) is 18.3. The zero-order valence-electron chi connectivity index (χ0n) is 15.0. The minimum absolute atomic E-state index is 0.0309. The lowest BCUT2D eigenvalue weighted by atomic mass is 10.1. The van der Waals surface area contributed by atoms with Crippen molar-refractivity contribution >= 4 is 35.0 Å². The fourth-order valence-corrected chi connectivity index (χ4v) is 4.05. The summed E-state index contributed by atoms with van der Waals surface area (Å²) in [6.07, 6.45) is 0. The summed E-state index contributed by atoms with van der Waals surface area (Å²) in [6, 6.07) is 13.9. The molecule has 0 unspecified atom stereocenters. The van der Waals surface area contributed by atoms with E-state index in [1.165, 1.54) is 4.90 Å². The van der Waals surface area contributed by atoms with Gasteiger partial charge in [-0.1, -0.05) is 30.3 Å². The van der Waals surface area contributed by atoms with E-state index in [2.05, 4.69) is 21.6 Å². The molecule has 2 N–H and O–H groups in total. The van der Waals surface area contributed by atoms with Gasteiger partial charge in [0.1, 0.15) is 0 Å². The van der Waals surface area contributed by atoms with E-state index in [-0.39, 0.29) is 24.9 Å². The van der Waals surface area contributed by atoms with Gasteiger partial charge in [0.25, 0.3) is 0 Å². The molecule has 1 heterocycles. The Bertz CT molecular complexity index is 802. The summed E-state index contributed by atoms with van der Waals surface area (Å²) in [6.45, 7) is 4.95. The number of amides is 2. The number of aryl methyl sites for hydroxylation is 2. The monoisotopic (exact) mass is 369 g/mol. The van der Waals surface area contributed by atoms with Crippen molar-refractivity contribution in [3.05, 3.63) is 53.6 Å². The number of benzene rings is 2. The normalized spacial score (nSPS) is 13.1. The Morgan fingerprint density at radius 1 is 1.04 bits per heavy atom. The van der Waals surface area contributed by atoms with Gasteiger partial charge >= 0.3 is 0 Å². The molecule has 0 radical (unpaired) electrons. The van der Waals surface area contributed by atoms with Crippen LogP contribution in [0.5, 0.6) is 0 Å². The number of hydrogen-bond donors (Lipinski definition) is 2. The lowest BCUT2D eigenvalue weighted by Crippen LogP contribution is -2.42. The summed E-state index contributed by atoms with van der Waals surface area (Å²) in [5.41, 5.74) is 3.91. The standard InChI is InChI=1S/C20H23N3O2S/c1-14-6-5-7-15(2)20(14)22-18(24)12-21-19(25)13-23-10-11-26-17-9-4-3-8-16(17)23/h3-9H,10-13H2,1-2H3,(H,21,25)(H,22,24). The molecule has 2 aromatic rings. The molecule has 1 aliphatic rings. The van der Waals surface area contributed by atoms with Gasteiger partial charge in [0.15, 0.2) is 0 Å². The van der Waals surface area contributed by atoms with Crippen molar-refractivity contribution in [2.24, 2.45) is 0 Å². The van der Waals surface area contributed by atoms with Crippen molar-refractivity contribution in [2.45, 2.75) is 18.7 Å². The Balaban J connectivity index is 1.53. The Morgan fingerprint density at radius 2 is 1.77 bits per heavy atom. The smallest absolute Gasteiger partial charge is 0.243 e. The van der Waals surface area contributed by atoms with Gasteiger partial charge in [-0.15, -0.1) is 11.8 Å². The topological polar surface area (TPSA) is 61.4 Å². The average Bonchev–Trinajstić information content (AvgIpc) is 2.63. The molecule has 2 aromatic carbocycles. The second-order valence-electron chi connectivity index (χ2n) is 6.33. The zero-order valence-corrected chi connectivity index (χ0v) is 15.9. The van der Waals surface area contributed by atoms with Crippen LogP contribution in [0.2, 0.25) is 0 Å². The molecule has 0 saturated heterocycles. The molecular formula is C20H23N3O2S. The molecule has 6 heteroatoms. The molecule has 0 aliphatic carbocycles. The largest absolute Gasteiger partial charge is 0.360 e. The summed E-state index contributed by atoms with van der Waals surface area (Å²) in [5.74, 6) is 0.589. The summed E-state index contributed by atoms with van der Waals surface area (Å²) >= 11 is 1.80. The molecule has 0 aromatic heterocycles. The molecule has 0 bridgehead atoms. The van der Waals surface area contributed by atoms with Crippen LogP contribution in [0.15, 0.2) is 47.4 Å². The molecule has 2 amide bonds. The summed E-state index contributed by atoms with van der Waals surface area (Å²) < 4.78 is 0. The molecule has 3 rings (SSSR count). The van der Waals surface area contributed by atoms with Crippen LogP contribution in [0, 0.1) is 13.8 Å². The maximum Gasteiger partial charge on any atom is 0.243 e. The highest BCUT2D eigenvalue weighted by molar-refractivity contribution is 7.99. The number of nitrogens with one attached hydrogen (secondary N) is 2. The van der Waals surface area contributed by atoms with E-state index in [0.717, 1.165) is 34.8 Å². The van der Waals surface area contributed by atoms with Gasteiger partial charge in [0.2, 0.25) is 11.8 Å². The van der Waals surface area contributed by atoms with Crippen LogP contribution < -0.4 is 15.5 Å². The number of anilines is 2. The van der Waals surface area contributed by atoms with Crippen molar-refractivity contribution in [3.8, 4) is 0 Å². The molecule has 0 atom stereocenters. The van der Waals surface area contributed by atoms with E-state index >= 15 is 0 Å². The Hall–Kier alpha value is -2.47. The van der Waals surface area contributed by atoms with E-state index in [1.807, 2.05) is 50.2 Å². The quantitative estimate of drug-likeness (QED) is 0.851. The van der Waals surface area contributed by atoms with Gasteiger partial charge in [0, 0.05) is 22.9 Å². The minimum atomic E-state index is -0.217. The molecule has 1 aliphatic heterocycles. The number of hydrogen-bond acceptors (Lipinski definition) is 4. The first-order valence-corrected chi connectivity index (χ1v) is 9.62. The molecule has 0 fully saturated rings. The Labute approximate surface area is 158 Å². The van der Waals surface area contributed by atoms with Crippen LogP contribution >= 0.6 is 11.8 Å². The van der Waals surface area contributed by atoms with Crippen molar-refractivity contribution in [1.29, 1.82) is 0 Å². The molecule has 0 spiro atoms. The highest BCUT2D eigenvalue weighted by Crippen LogP contribution is 2.33. The number of nitrogens with zero attached hydrogens (tertiary/aromatic N) is 1. The lowest BCUT2D eigenvalue weighted by Gasteiger charge is -2.30. The number of carbonyl (C=O) groups is 2. The number of para-hydroxylation sites is 2. The fraction of sp³-hybridized carbons (Fsp3) is 0.300. The first-order valence-electron chi connectivity index (χ1n) is 8.64. The van der Waals surface area contributed by atoms with Crippen molar-refractivity contribution in [3.63, 3.8) is 0 Å². The molecule has 26 heavy (non-hydrogen) atoms. The summed E-state index contributed by atoms with van der Waals surface area (Å²) in [5, 5.41) is 5.60. The van der Waals surface area contributed by atoms with Gasteiger partial charge in [-0.2, -0.15) is 0 Å². The van der Waals surface area contributed by atoms with Gasteiger partial charge in [-0.3, -0.25) is 9.59 Å². The second kappa shape index (κ2) is 8.27. The van der Waals surface area contributed by atoms with Gasteiger partial charge in [-0.05, 0) is 37.1 Å². The van der Waals surface area contributed by atoms with Crippen LogP contribution in [0.3, 0.4) is 0 Å². The van der Waals surface area contributed by atoms with E-state index < -0.39 is 0 Å². The first-order chi connectivity index (χ1) is 12.5. The number of fused-ring (bicyclic) bond motifs is 1. The van der Waals surface area contributed by atoms with Crippen LogP contribution in [0.1, 0.15) is 11.1 Å². The second-order valence-corrected chi connectivity index (χ2v) is 7.47. The van der Waals surface area contributed by atoms with E-state index in [4.69, 9.17) is 0 Å². The van der Waals surface area contributed by atoms with Crippen LogP contribution in [0.25, 0.3) is 0 Å². The van der Waals surface area contributed by atoms with Crippen LogP contribution in [0.4, 0.5) is 11.4 Å². The number of carbonyl (C=O) groups excluding carboxylic acids is 2. The lowest BCUT2D eigenvalue weighted by molar-refractivity contribution is -0.123. The Morgan fingerprint density at radius 3 is 2.54 bits per heavy atom. The maximum absolute atomic E-state index is 12.3. The Kier molecular flexibility index (Phi) is 5.83. The average molecular weight is 369 g/mol. The van der Waals surface area contributed by atoms with Gasteiger partial charge < -0.3 is 15.5 Å². The highest BCUT2D eigenvalue weighted by Gasteiger charge is 2.19. The van der Waals surface area contributed by atoms with Crippen molar-refractivity contribution in [1.82, 2.24) is 5.32 Å². The molecular weight excluding hydrogens is 346 g/mol. The number of thioether (sulfide) groups is 1. The third kappa shape index (κ3) is 4.38. The minimum Gasteiger partial charge on any atom is -0.360 e. The third-order valence-corrected chi connectivity index (χ3v) is 5.39. The van der Waals surface area contributed by atoms with Crippen LogP contribution in [-0.4, -0.2) is 37.2 Å². The fourth-order valence-electron chi connectivity index (χ4n) is 2.99. The summed E-state index contributed by atoms with van der Waals surface area (Å²) in [7, 11) is 0. The maximum atomic E-state index is 12.3. The third-order valence-electron chi connectivity index (χ3n) is 4.35. The molecule has 0 saturated carbocycles. The predicted octanol–water partition coefficient (Wildman–Crippen LogP) is 2.97. The van der Waals surface area contributed by atoms with E-state index in [9.17, 15) is 9.59 Å². The molecule has 5 nitrogen and oxygen atoms in total. The number of rotatable bonds is 5. The van der Waals surface area contributed by atoms with Gasteiger partial charge in [0.05, 0.1) is 18.8 Å².